The molecule has 0 amide bonds. The number of nitrogens with one attached hydrogen (secondary N) is 1. The highest BCUT2D eigenvalue weighted by Gasteiger charge is 2.15. The van der Waals surface area contributed by atoms with Crippen LogP contribution in [-0.4, -0.2) is 24.2 Å². The fourth-order valence-electron chi connectivity index (χ4n) is 2.06. The standard InChI is InChI=1S/C14H16N2O3/c1-8-9(2)13(19-4)10(7-12(8)18-3)11-5-6-15-14(17)16-11/h5-7H,1-4H3,(H,15,16,17). The zero-order valence-corrected chi connectivity index (χ0v) is 11.4. The molecule has 0 aliphatic carbocycles. The van der Waals surface area contributed by atoms with Gasteiger partial charge in [-0.2, -0.15) is 0 Å². The first-order chi connectivity index (χ1) is 9.08. The highest BCUT2D eigenvalue weighted by molar-refractivity contribution is 5.72. The summed E-state index contributed by atoms with van der Waals surface area (Å²) >= 11 is 0. The molecule has 0 saturated heterocycles. The molecule has 1 aromatic carbocycles. The molecule has 0 saturated carbocycles. The Labute approximate surface area is 111 Å². The summed E-state index contributed by atoms with van der Waals surface area (Å²) < 4.78 is 10.8. The van der Waals surface area contributed by atoms with Crippen LogP contribution in [0.5, 0.6) is 11.5 Å². The highest BCUT2D eigenvalue weighted by atomic mass is 16.5. The van der Waals surface area contributed by atoms with Crippen LogP contribution in [0.1, 0.15) is 11.1 Å². The maximum absolute atomic E-state index is 11.3. The van der Waals surface area contributed by atoms with E-state index in [4.69, 9.17) is 9.47 Å². The fraction of sp³-hybridized carbons (Fsp3) is 0.286. The summed E-state index contributed by atoms with van der Waals surface area (Å²) in [5.74, 6) is 1.48. The van der Waals surface area contributed by atoms with E-state index in [9.17, 15) is 4.79 Å². The summed E-state index contributed by atoms with van der Waals surface area (Å²) in [6.07, 6.45) is 1.47. The van der Waals surface area contributed by atoms with E-state index in [1.807, 2.05) is 19.9 Å². The maximum atomic E-state index is 11.3. The number of rotatable bonds is 3. The number of ether oxygens (including phenoxy) is 2. The molecule has 1 heterocycles. The number of nitrogens with zero attached hydrogens (tertiary/aromatic N) is 1. The fourth-order valence-corrected chi connectivity index (χ4v) is 2.06. The molecule has 0 fully saturated rings. The van der Waals surface area contributed by atoms with Crippen molar-refractivity contribution >= 4 is 0 Å². The van der Waals surface area contributed by atoms with E-state index < -0.39 is 5.69 Å². The summed E-state index contributed by atoms with van der Waals surface area (Å²) in [4.78, 5) is 17.6. The van der Waals surface area contributed by atoms with E-state index in [1.54, 1.807) is 20.3 Å². The molecule has 19 heavy (non-hydrogen) atoms. The molecule has 0 aliphatic rings. The van der Waals surface area contributed by atoms with Gasteiger partial charge in [0.05, 0.1) is 19.9 Å². The summed E-state index contributed by atoms with van der Waals surface area (Å²) in [5.41, 5.74) is 3.03. The molecule has 2 aromatic rings. The van der Waals surface area contributed by atoms with E-state index in [1.165, 1.54) is 6.20 Å². The number of H-pyrrole nitrogens is 1. The molecule has 0 aliphatic heterocycles. The first-order valence-electron chi connectivity index (χ1n) is 5.86. The van der Waals surface area contributed by atoms with Gasteiger partial charge in [-0.3, -0.25) is 0 Å². The van der Waals surface area contributed by atoms with E-state index >= 15 is 0 Å². The second kappa shape index (κ2) is 5.14. The number of methoxy groups -OCH3 is 2. The van der Waals surface area contributed by atoms with Gasteiger partial charge in [-0.1, -0.05) is 0 Å². The van der Waals surface area contributed by atoms with E-state index in [0.717, 1.165) is 28.2 Å². The van der Waals surface area contributed by atoms with Gasteiger partial charge in [0.25, 0.3) is 0 Å². The predicted molar refractivity (Wildman–Crippen MR) is 72.9 cm³/mol. The number of hydrogen-bond acceptors (Lipinski definition) is 4. The molecule has 100 valence electrons. The van der Waals surface area contributed by atoms with Crippen molar-refractivity contribution in [2.75, 3.05) is 14.2 Å². The monoisotopic (exact) mass is 260 g/mol. The van der Waals surface area contributed by atoms with Crippen molar-refractivity contribution in [1.29, 1.82) is 0 Å². The summed E-state index contributed by atoms with van der Waals surface area (Å²) in [6.45, 7) is 3.93. The summed E-state index contributed by atoms with van der Waals surface area (Å²) in [7, 11) is 3.23. The smallest absolute Gasteiger partial charge is 0.345 e. The number of hydrogen-bond donors (Lipinski definition) is 1. The molecule has 0 bridgehead atoms. The van der Waals surface area contributed by atoms with Crippen LogP contribution in [0.4, 0.5) is 0 Å². The van der Waals surface area contributed by atoms with Gasteiger partial charge in [0, 0.05) is 11.8 Å². The Balaban J connectivity index is 2.75. The average Bonchev–Trinajstić information content (AvgIpc) is 2.41. The van der Waals surface area contributed by atoms with Crippen LogP contribution in [0.25, 0.3) is 11.3 Å². The Morgan fingerprint density at radius 3 is 2.47 bits per heavy atom. The predicted octanol–water partition coefficient (Wildman–Crippen LogP) is 2.07. The first kappa shape index (κ1) is 13.1. The van der Waals surface area contributed by atoms with Crippen molar-refractivity contribution in [1.82, 2.24) is 9.97 Å². The van der Waals surface area contributed by atoms with Crippen molar-refractivity contribution in [3.05, 3.63) is 39.9 Å². The summed E-state index contributed by atoms with van der Waals surface area (Å²) in [6, 6.07) is 3.58. The molecule has 0 atom stereocenters. The molecule has 1 aromatic heterocycles. The Kier molecular flexibility index (Phi) is 3.55. The van der Waals surface area contributed by atoms with Crippen LogP contribution in [0.3, 0.4) is 0 Å². The van der Waals surface area contributed by atoms with Gasteiger partial charge < -0.3 is 14.5 Å². The van der Waals surface area contributed by atoms with Crippen LogP contribution in [0.15, 0.2) is 23.1 Å². The van der Waals surface area contributed by atoms with Gasteiger partial charge in [0.2, 0.25) is 0 Å². The number of benzene rings is 1. The SMILES string of the molecule is COc1cc(-c2ccnc(=O)[nH]2)c(OC)c(C)c1C. The van der Waals surface area contributed by atoms with Gasteiger partial charge in [0.1, 0.15) is 11.5 Å². The maximum Gasteiger partial charge on any atom is 0.345 e. The lowest BCUT2D eigenvalue weighted by molar-refractivity contribution is 0.399. The Morgan fingerprint density at radius 2 is 1.89 bits per heavy atom. The Bertz CT molecular complexity index is 662. The summed E-state index contributed by atoms with van der Waals surface area (Å²) in [5, 5.41) is 0. The third kappa shape index (κ3) is 2.31. The van der Waals surface area contributed by atoms with Crippen molar-refractivity contribution in [3.63, 3.8) is 0 Å². The zero-order valence-electron chi connectivity index (χ0n) is 11.4. The third-order valence-corrected chi connectivity index (χ3v) is 3.18. The molecule has 5 nitrogen and oxygen atoms in total. The molecule has 0 unspecified atom stereocenters. The van der Waals surface area contributed by atoms with Gasteiger partial charge in [-0.25, -0.2) is 9.78 Å². The van der Waals surface area contributed by atoms with Crippen LogP contribution in [0.2, 0.25) is 0 Å². The zero-order chi connectivity index (χ0) is 14.0. The van der Waals surface area contributed by atoms with Gasteiger partial charge >= 0.3 is 5.69 Å². The number of aromatic amines is 1. The van der Waals surface area contributed by atoms with Gasteiger partial charge in [-0.15, -0.1) is 0 Å². The minimum Gasteiger partial charge on any atom is -0.496 e. The van der Waals surface area contributed by atoms with Gasteiger partial charge in [-0.05, 0) is 37.1 Å². The highest BCUT2D eigenvalue weighted by Crippen LogP contribution is 2.38. The van der Waals surface area contributed by atoms with Crippen molar-refractivity contribution in [2.45, 2.75) is 13.8 Å². The lowest BCUT2D eigenvalue weighted by Gasteiger charge is -2.16. The second-order valence-corrected chi connectivity index (χ2v) is 4.20. The molecule has 5 heteroatoms. The average molecular weight is 260 g/mol. The van der Waals surface area contributed by atoms with Crippen LogP contribution in [0, 0.1) is 13.8 Å². The lowest BCUT2D eigenvalue weighted by Crippen LogP contribution is -2.10. The normalized spacial score (nSPS) is 10.3. The second-order valence-electron chi connectivity index (χ2n) is 4.20. The largest absolute Gasteiger partial charge is 0.496 e. The van der Waals surface area contributed by atoms with Crippen LogP contribution < -0.4 is 15.2 Å². The van der Waals surface area contributed by atoms with E-state index in [2.05, 4.69) is 9.97 Å². The number of aromatic nitrogens is 2. The van der Waals surface area contributed by atoms with Gasteiger partial charge in [0.15, 0.2) is 0 Å². The van der Waals surface area contributed by atoms with Crippen molar-refractivity contribution in [2.24, 2.45) is 0 Å². The Morgan fingerprint density at radius 1 is 1.16 bits per heavy atom. The molecule has 1 N–H and O–H groups in total. The molecular formula is C14H16N2O3. The molecule has 2 rings (SSSR count). The Hall–Kier alpha value is -2.30. The molecular weight excluding hydrogens is 244 g/mol. The third-order valence-electron chi connectivity index (χ3n) is 3.18. The van der Waals surface area contributed by atoms with E-state index in [-0.39, 0.29) is 0 Å². The molecule has 0 radical (unpaired) electrons. The minimum atomic E-state index is -0.392. The van der Waals surface area contributed by atoms with Crippen molar-refractivity contribution < 1.29 is 9.47 Å². The topological polar surface area (TPSA) is 64.2 Å². The minimum absolute atomic E-state index is 0.392. The van der Waals surface area contributed by atoms with E-state index in [0.29, 0.717) is 5.69 Å². The lowest BCUT2D eigenvalue weighted by atomic mass is 10.0. The van der Waals surface area contributed by atoms with Crippen LogP contribution in [-0.2, 0) is 0 Å². The molecule has 0 spiro atoms. The van der Waals surface area contributed by atoms with Crippen molar-refractivity contribution in [3.8, 4) is 22.8 Å². The first-order valence-corrected chi connectivity index (χ1v) is 5.86. The van der Waals surface area contributed by atoms with Crippen LogP contribution >= 0.6 is 0 Å². The quantitative estimate of drug-likeness (QED) is 0.917.